The second kappa shape index (κ2) is 7.27. The average molecular weight is 355 g/mol. The van der Waals surface area contributed by atoms with Crippen LogP contribution in [0.4, 0.5) is 5.69 Å². The minimum atomic E-state index is -0.0264. The van der Waals surface area contributed by atoms with Gasteiger partial charge in [0.1, 0.15) is 0 Å². The van der Waals surface area contributed by atoms with Crippen molar-refractivity contribution in [1.82, 2.24) is 4.90 Å². The number of aliphatic hydroxyl groups excluding tert-OH is 1. The highest BCUT2D eigenvalue weighted by molar-refractivity contribution is 9.10. The highest BCUT2D eigenvalue weighted by atomic mass is 79.9. The van der Waals surface area contributed by atoms with Crippen LogP contribution in [0.3, 0.4) is 0 Å². The third kappa shape index (κ3) is 3.77. The maximum atomic E-state index is 12.9. The molecular weight excluding hydrogens is 332 g/mol. The molecule has 0 bridgehead atoms. The van der Waals surface area contributed by atoms with Crippen LogP contribution < -0.4 is 5.73 Å². The summed E-state index contributed by atoms with van der Waals surface area (Å²) >= 11 is 3.40. The van der Waals surface area contributed by atoms with E-state index in [9.17, 15) is 9.90 Å². The summed E-state index contributed by atoms with van der Waals surface area (Å²) in [6.45, 7) is 2.24. The molecule has 0 heterocycles. The van der Waals surface area contributed by atoms with Gasteiger partial charge in [0.25, 0.3) is 5.91 Å². The average Bonchev–Trinajstić information content (AvgIpc) is 2.48. The summed E-state index contributed by atoms with van der Waals surface area (Å²) in [5, 5.41) is 9.31. The molecule has 5 heteroatoms. The number of aliphatic hydroxyl groups is 1. The number of halogens is 1. The largest absolute Gasteiger partial charge is 0.398 e. The van der Waals surface area contributed by atoms with Crippen LogP contribution >= 0.6 is 15.9 Å². The maximum absolute atomic E-state index is 12.9. The second-order valence-corrected chi connectivity index (χ2v) is 6.60. The Morgan fingerprint density at radius 1 is 1.38 bits per heavy atom. The number of anilines is 1. The van der Waals surface area contributed by atoms with Crippen LogP contribution in [0.5, 0.6) is 0 Å². The quantitative estimate of drug-likeness (QED) is 0.816. The third-order valence-electron chi connectivity index (χ3n) is 4.26. The molecule has 1 saturated carbocycles. The van der Waals surface area contributed by atoms with E-state index in [0.29, 0.717) is 17.8 Å². The van der Waals surface area contributed by atoms with Gasteiger partial charge in [0.05, 0.1) is 6.61 Å². The number of benzene rings is 1. The Hall–Kier alpha value is -1.07. The highest BCUT2D eigenvalue weighted by Gasteiger charge is 2.27. The zero-order valence-electron chi connectivity index (χ0n) is 12.4. The Morgan fingerprint density at radius 3 is 2.67 bits per heavy atom. The SMILES string of the molecule is Cc1c(N)cc(Br)cc1C(=O)N(CCO)C1CCCCC1. The third-order valence-corrected chi connectivity index (χ3v) is 4.72. The van der Waals surface area contributed by atoms with Crippen molar-refractivity contribution < 1.29 is 9.90 Å². The Kier molecular flexibility index (Phi) is 5.65. The number of nitrogens with zero attached hydrogens (tertiary/aromatic N) is 1. The van der Waals surface area contributed by atoms with Crippen molar-refractivity contribution >= 4 is 27.5 Å². The molecule has 0 atom stereocenters. The van der Waals surface area contributed by atoms with Gasteiger partial charge in [-0.1, -0.05) is 35.2 Å². The van der Waals surface area contributed by atoms with E-state index in [1.54, 1.807) is 0 Å². The molecule has 4 nitrogen and oxygen atoms in total. The van der Waals surface area contributed by atoms with Crippen LogP contribution in [0.15, 0.2) is 16.6 Å². The van der Waals surface area contributed by atoms with Crippen molar-refractivity contribution in [2.24, 2.45) is 0 Å². The number of amides is 1. The van der Waals surface area contributed by atoms with Crippen LogP contribution in [-0.2, 0) is 0 Å². The normalized spacial score (nSPS) is 16.0. The Balaban J connectivity index is 2.29. The molecule has 0 aliphatic heterocycles. The zero-order valence-corrected chi connectivity index (χ0v) is 14.0. The van der Waals surface area contributed by atoms with Crippen molar-refractivity contribution in [2.45, 2.75) is 45.1 Å². The fourth-order valence-corrected chi connectivity index (χ4v) is 3.50. The summed E-state index contributed by atoms with van der Waals surface area (Å²) in [6, 6.07) is 3.86. The molecule has 0 unspecified atom stereocenters. The summed E-state index contributed by atoms with van der Waals surface area (Å²) in [5.74, 6) is -0.0264. The summed E-state index contributed by atoms with van der Waals surface area (Å²) in [5.41, 5.74) is 8.01. The number of carbonyl (C=O) groups is 1. The van der Waals surface area contributed by atoms with Gasteiger partial charge in [0.2, 0.25) is 0 Å². The van der Waals surface area contributed by atoms with Crippen molar-refractivity contribution in [3.05, 3.63) is 27.7 Å². The fourth-order valence-electron chi connectivity index (χ4n) is 3.03. The van der Waals surface area contributed by atoms with Gasteiger partial charge in [-0.3, -0.25) is 4.79 Å². The smallest absolute Gasteiger partial charge is 0.254 e. The van der Waals surface area contributed by atoms with Crippen LogP contribution in [-0.4, -0.2) is 35.1 Å². The molecule has 1 aliphatic carbocycles. The van der Waals surface area contributed by atoms with Gasteiger partial charge in [-0.25, -0.2) is 0 Å². The lowest BCUT2D eigenvalue weighted by Crippen LogP contribution is -2.43. The minimum absolute atomic E-state index is 0.00915. The number of carbonyl (C=O) groups excluding carboxylic acids is 1. The van der Waals surface area contributed by atoms with Crippen LogP contribution in [0.25, 0.3) is 0 Å². The molecule has 1 amide bonds. The molecule has 1 aliphatic rings. The fraction of sp³-hybridized carbons (Fsp3) is 0.562. The molecule has 0 spiro atoms. The molecule has 21 heavy (non-hydrogen) atoms. The standard InChI is InChI=1S/C16H23BrN2O2/c1-11-14(9-12(17)10-15(11)18)16(21)19(7-8-20)13-5-3-2-4-6-13/h9-10,13,20H,2-8,18H2,1H3. The highest BCUT2D eigenvalue weighted by Crippen LogP contribution is 2.27. The van der Waals surface area contributed by atoms with Gasteiger partial charge < -0.3 is 15.7 Å². The van der Waals surface area contributed by atoms with Crippen LogP contribution in [0.1, 0.15) is 48.0 Å². The first kappa shape index (κ1) is 16.3. The van der Waals surface area contributed by atoms with Crippen molar-refractivity contribution in [3.8, 4) is 0 Å². The van der Waals surface area contributed by atoms with E-state index in [2.05, 4.69) is 15.9 Å². The summed E-state index contributed by atoms with van der Waals surface area (Å²) < 4.78 is 0.807. The van der Waals surface area contributed by atoms with Gasteiger partial charge in [-0.15, -0.1) is 0 Å². The van der Waals surface area contributed by atoms with Gasteiger partial charge in [-0.2, -0.15) is 0 Å². The molecule has 0 aromatic heterocycles. The molecule has 0 saturated heterocycles. The van der Waals surface area contributed by atoms with Crippen molar-refractivity contribution in [2.75, 3.05) is 18.9 Å². The van der Waals surface area contributed by atoms with Crippen molar-refractivity contribution in [1.29, 1.82) is 0 Å². The van der Waals surface area contributed by atoms with E-state index in [0.717, 1.165) is 35.7 Å². The van der Waals surface area contributed by atoms with Crippen LogP contribution in [0, 0.1) is 6.92 Å². The molecule has 1 aromatic carbocycles. The molecule has 2 rings (SSSR count). The molecular formula is C16H23BrN2O2. The molecule has 0 radical (unpaired) electrons. The summed E-state index contributed by atoms with van der Waals surface area (Å²) in [6.07, 6.45) is 5.59. The van der Waals surface area contributed by atoms with E-state index in [1.807, 2.05) is 24.0 Å². The predicted octanol–water partition coefficient (Wildman–Crippen LogP) is 3.11. The lowest BCUT2D eigenvalue weighted by atomic mass is 9.93. The van der Waals surface area contributed by atoms with E-state index in [1.165, 1.54) is 6.42 Å². The molecule has 3 N–H and O–H groups in total. The van der Waals surface area contributed by atoms with Crippen LogP contribution in [0.2, 0.25) is 0 Å². The molecule has 1 fully saturated rings. The first-order chi connectivity index (χ1) is 10.0. The van der Waals surface area contributed by atoms with E-state index in [4.69, 9.17) is 5.73 Å². The molecule has 116 valence electrons. The first-order valence-corrected chi connectivity index (χ1v) is 8.31. The van der Waals surface area contributed by atoms with E-state index in [-0.39, 0.29) is 18.6 Å². The first-order valence-electron chi connectivity index (χ1n) is 7.52. The number of nitrogens with two attached hydrogens (primary N) is 1. The van der Waals surface area contributed by atoms with Gasteiger partial charge in [0.15, 0.2) is 0 Å². The minimum Gasteiger partial charge on any atom is -0.398 e. The van der Waals surface area contributed by atoms with Gasteiger partial charge >= 0.3 is 0 Å². The maximum Gasteiger partial charge on any atom is 0.254 e. The topological polar surface area (TPSA) is 66.6 Å². The van der Waals surface area contributed by atoms with E-state index < -0.39 is 0 Å². The lowest BCUT2D eigenvalue weighted by molar-refractivity contribution is 0.0584. The zero-order chi connectivity index (χ0) is 15.4. The van der Waals surface area contributed by atoms with Gasteiger partial charge in [-0.05, 0) is 37.5 Å². The summed E-state index contributed by atoms with van der Waals surface area (Å²) in [4.78, 5) is 14.7. The monoisotopic (exact) mass is 354 g/mol. The molecule has 1 aromatic rings. The second-order valence-electron chi connectivity index (χ2n) is 5.68. The number of rotatable bonds is 4. The lowest BCUT2D eigenvalue weighted by Gasteiger charge is -2.34. The van der Waals surface area contributed by atoms with Crippen molar-refractivity contribution in [3.63, 3.8) is 0 Å². The Labute approximate surface area is 134 Å². The summed E-state index contributed by atoms with van der Waals surface area (Å²) in [7, 11) is 0. The van der Waals surface area contributed by atoms with Gasteiger partial charge in [0, 0.05) is 28.3 Å². The number of nitrogen functional groups attached to an aromatic ring is 1. The van der Waals surface area contributed by atoms with E-state index >= 15 is 0 Å². The Morgan fingerprint density at radius 2 is 2.05 bits per heavy atom. The number of hydrogen-bond donors (Lipinski definition) is 2. The number of hydrogen-bond acceptors (Lipinski definition) is 3. The Bertz CT molecular complexity index is 513. The predicted molar refractivity (Wildman–Crippen MR) is 88.3 cm³/mol.